The van der Waals surface area contributed by atoms with Crippen LogP contribution in [0.25, 0.3) is 11.0 Å². The molecule has 66 valence electrons. The Bertz CT molecular complexity index is 518. The topological polar surface area (TPSA) is 75.3 Å². The molecule has 0 spiro atoms. The first-order valence-electron chi connectivity index (χ1n) is 3.59. The lowest BCUT2D eigenvalue weighted by Crippen LogP contribution is -2.17. The second-order valence-corrected chi connectivity index (χ2v) is 2.55. The molecule has 0 amide bonds. The molecule has 0 bridgehead atoms. The number of fused-ring (bicyclic) bond motifs is 1. The van der Waals surface area contributed by atoms with Gasteiger partial charge >= 0.3 is 0 Å². The highest BCUT2D eigenvalue weighted by Gasteiger charge is 2.06. The number of hydrogen-bond acceptors (Lipinski definition) is 4. The molecule has 5 nitrogen and oxygen atoms in total. The fourth-order valence-electron chi connectivity index (χ4n) is 1.13. The average Bonchev–Trinajstić information content (AvgIpc) is 2.15. The minimum Gasteiger partial charge on any atom is -0.507 e. The molecule has 0 saturated carbocycles. The smallest absolute Gasteiger partial charge is 0.288 e. The van der Waals surface area contributed by atoms with Gasteiger partial charge in [0.2, 0.25) is 0 Å². The maximum absolute atomic E-state index is 11.0. The quantitative estimate of drug-likeness (QED) is 0.570. The summed E-state index contributed by atoms with van der Waals surface area (Å²) in [5.74, 6) is -0.182. The minimum absolute atomic E-state index is 0.0486. The van der Waals surface area contributed by atoms with Crippen molar-refractivity contribution in [3.05, 3.63) is 34.7 Å². The van der Waals surface area contributed by atoms with E-state index in [1.807, 2.05) is 0 Å². The van der Waals surface area contributed by atoms with Gasteiger partial charge in [0.05, 0.1) is 5.39 Å². The SMILES string of the molecule is O=c1cc(O)c2cccnc2n1O. The molecule has 2 heterocycles. The van der Waals surface area contributed by atoms with Gasteiger partial charge in [-0.15, -0.1) is 4.73 Å². The Balaban J connectivity index is 3.06. The van der Waals surface area contributed by atoms with Gasteiger partial charge in [-0.3, -0.25) is 4.79 Å². The normalized spacial score (nSPS) is 10.5. The van der Waals surface area contributed by atoms with Crippen molar-refractivity contribution in [1.29, 1.82) is 0 Å². The third-order valence-electron chi connectivity index (χ3n) is 1.73. The van der Waals surface area contributed by atoms with Crippen molar-refractivity contribution >= 4 is 11.0 Å². The highest BCUT2D eigenvalue weighted by atomic mass is 16.5. The van der Waals surface area contributed by atoms with Crippen LogP contribution in [0.2, 0.25) is 0 Å². The number of rotatable bonds is 0. The van der Waals surface area contributed by atoms with Gasteiger partial charge in [-0.1, -0.05) is 0 Å². The van der Waals surface area contributed by atoms with E-state index in [4.69, 9.17) is 0 Å². The first-order valence-corrected chi connectivity index (χ1v) is 3.59. The second kappa shape index (κ2) is 2.48. The van der Waals surface area contributed by atoms with Crippen LogP contribution in [0.4, 0.5) is 0 Å². The Morgan fingerprint density at radius 3 is 3.00 bits per heavy atom. The Morgan fingerprint density at radius 1 is 1.46 bits per heavy atom. The summed E-state index contributed by atoms with van der Waals surface area (Å²) in [6.07, 6.45) is 1.42. The van der Waals surface area contributed by atoms with Gasteiger partial charge in [0, 0.05) is 12.3 Å². The average molecular weight is 178 g/mol. The maximum atomic E-state index is 11.0. The summed E-state index contributed by atoms with van der Waals surface area (Å²) < 4.78 is 0.398. The predicted molar refractivity (Wildman–Crippen MR) is 44.9 cm³/mol. The number of aromatic hydroxyl groups is 1. The molecule has 2 N–H and O–H groups in total. The second-order valence-electron chi connectivity index (χ2n) is 2.55. The van der Waals surface area contributed by atoms with E-state index in [1.165, 1.54) is 6.20 Å². The molecule has 0 radical (unpaired) electrons. The molecule has 0 atom stereocenters. The summed E-state index contributed by atoms with van der Waals surface area (Å²) in [5, 5.41) is 18.9. The van der Waals surface area contributed by atoms with Gasteiger partial charge in [-0.25, -0.2) is 4.98 Å². The highest BCUT2D eigenvalue weighted by Crippen LogP contribution is 2.18. The van der Waals surface area contributed by atoms with Crippen LogP contribution < -0.4 is 5.56 Å². The summed E-state index contributed by atoms with van der Waals surface area (Å²) in [6, 6.07) is 4.10. The molecule has 0 aromatic carbocycles. The Hall–Kier alpha value is -2.04. The molecule has 2 rings (SSSR count). The van der Waals surface area contributed by atoms with E-state index in [1.54, 1.807) is 12.1 Å². The van der Waals surface area contributed by atoms with Gasteiger partial charge in [-0.2, -0.15) is 0 Å². The van der Waals surface area contributed by atoms with Gasteiger partial charge in [0.1, 0.15) is 5.75 Å². The van der Waals surface area contributed by atoms with Crippen LogP contribution in [0, 0.1) is 0 Å². The van der Waals surface area contributed by atoms with Crippen LogP contribution in [-0.4, -0.2) is 20.0 Å². The molecule has 2 aromatic heterocycles. The number of hydrogen-bond donors (Lipinski definition) is 2. The van der Waals surface area contributed by atoms with E-state index >= 15 is 0 Å². The van der Waals surface area contributed by atoms with Crippen molar-refractivity contribution in [2.45, 2.75) is 0 Å². The van der Waals surface area contributed by atoms with Gasteiger partial charge in [-0.05, 0) is 12.1 Å². The lowest BCUT2D eigenvalue weighted by molar-refractivity contribution is 0.186. The summed E-state index contributed by atoms with van der Waals surface area (Å²) in [5.41, 5.74) is -0.656. The number of aromatic nitrogens is 2. The molecule has 0 aliphatic rings. The van der Waals surface area contributed by atoms with Crippen LogP contribution in [0.1, 0.15) is 0 Å². The van der Waals surface area contributed by atoms with Gasteiger partial charge < -0.3 is 10.3 Å². The Labute approximate surface area is 72.5 Å². The summed E-state index contributed by atoms with van der Waals surface area (Å²) in [6.45, 7) is 0. The highest BCUT2D eigenvalue weighted by molar-refractivity contribution is 5.81. The van der Waals surface area contributed by atoms with Crippen molar-refractivity contribution in [2.75, 3.05) is 0 Å². The van der Waals surface area contributed by atoms with Crippen molar-refractivity contribution in [3.8, 4) is 5.75 Å². The largest absolute Gasteiger partial charge is 0.507 e. The van der Waals surface area contributed by atoms with E-state index < -0.39 is 5.56 Å². The molecule has 0 unspecified atom stereocenters. The van der Waals surface area contributed by atoms with Gasteiger partial charge in [0.25, 0.3) is 5.56 Å². The lowest BCUT2D eigenvalue weighted by Gasteiger charge is -2.02. The van der Waals surface area contributed by atoms with Crippen molar-refractivity contribution < 1.29 is 10.3 Å². The molecule has 0 fully saturated rings. The molecule has 0 saturated heterocycles. The zero-order valence-electron chi connectivity index (χ0n) is 6.51. The number of pyridine rings is 2. The zero-order chi connectivity index (χ0) is 9.42. The third kappa shape index (κ3) is 1.01. The molecular weight excluding hydrogens is 172 g/mol. The summed E-state index contributed by atoms with van der Waals surface area (Å²) in [7, 11) is 0. The Morgan fingerprint density at radius 2 is 2.23 bits per heavy atom. The summed E-state index contributed by atoms with van der Waals surface area (Å²) in [4.78, 5) is 14.7. The maximum Gasteiger partial charge on any atom is 0.288 e. The molecule has 2 aromatic rings. The molecule has 0 aliphatic carbocycles. The van der Waals surface area contributed by atoms with Crippen molar-refractivity contribution in [3.63, 3.8) is 0 Å². The van der Waals surface area contributed by atoms with Crippen LogP contribution in [0.15, 0.2) is 29.2 Å². The van der Waals surface area contributed by atoms with E-state index in [0.717, 1.165) is 6.07 Å². The zero-order valence-corrected chi connectivity index (χ0v) is 6.51. The fourth-order valence-corrected chi connectivity index (χ4v) is 1.13. The van der Waals surface area contributed by atoms with E-state index in [0.29, 0.717) is 10.1 Å². The first-order chi connectivity index (χ1) is 6.20. The van der Waals surface area contributed by atoms with Crippen molar-refractivity contribution in [2.24, 2.45) is 0 Å². The third-order valence-corrected chi connectivity index (χ3v) is 1.73. The molecule has 0 aliphatic heterocycles. The first kappa shape index (κ1) is 7.60. The molecule has 13 heavy (non-hydrogen) atoms. The van der Waals surface area contributed by atoms with Gasteiger partial charge in [0.15, 0.2) is 5.65 Å². The monoisotopic (exact) mass is 178 g/mol. The molecule has 5 heteroatoms. The minimum atomic E-state index is -0.705. The number of nitrogens with zero attached hydrogens (tertiary/aromatic N) is 2. The molecular formula is C8H6N2O3. The fraction of sp³-hybridized carbons (Fsp3) is 0. The Kier molecular flexibility index (Phi) is 1.45. The van der Waals surface area contributed by atoms with Crippen LogP contribution >= 0.6 is 0 Å². The standard InChI is InChI=1S/C8H6N2O3/c11-6-4-7(12)10(13)8-5(6)2-1-3-9-8/h1-4,11,13H. The van der Waals surface area contributed by atoms with Crippen molar-refractivity contribution in [1.82, 2.24) is 9.71 Å². The van der Waals surface area contributed by atoms with Crippen LogP contribution in [0.5, 0.6) is 5.75 Å². The summed E-state index contributed by atoms with van der Waals surface area (Å²) >= 11 is 0. The van der Waals surface area contributed by atoms with Crippen LogP contribution in [-0.2, 0) is 0 Å². The predicted octanol–water partition coefficient (Wildman–Crippen LogP) is 0.339. The van der Waals surface area contributed by atoms with Crippen LogP contribution in [0.3, 0.4) is 0 Å². The van der Waals surface area contributed by atoms with E-state index in [9.17, 15) is 15.1 Å². The van der Waals surface area contributed by atoms with E-state index in [-0.39, 0.29) is 11.4 Å². The lowest BCUT2D eigenvalue weighted by atomic mass is 10.3. The van der Waals surface area contributed by atoms with E-state index in [2.05, 4.69) is 4.98 Å².